The lowest BCUT2D eigenvalue weighted by atomic mass is 9.99. The average Bonchev–Trinajstić information content (AvgIpc) is 2.69. The Labute approximate surface area is 155 Å². The van der Waals surface area contributed by atoms with Gasteiger partial charge in [0.2, 0.25) is 0 Å². The summed E-state index contributed by atoms with van der Waals surface area (Å²) in [6.07, 6.45) is 1.08. The Hall–Kier alpha value is -3.73. The smallest absolute Gasteiger partial charge is 0.335 e. The van der Waals surface area contributed by atoms with Gasteiger partial charge in [-0.1, -0.05) is 43.0 Å². The molecule has 0 aliphatic carbocycles. The summed E-state index contributed by atoms with van der Waals surface area (Å²) >= 11 is 0. The number of halogens is 1. The van der Waals surface area contributed by atoms with Gasteiger partial charge in [0, 0.05) is 11.6 Å². The second kappa shape index (κ2) is 8.10. The van der Waals surface area contributed by atoms with Crippen molar-refractivity contribution in [2.75, 3.05) is 0 Å². The summed E-state index contributed by atoms with van der Waals surface area (Å²) in [4.78, 5) is 21.5. The van der Waals surface area contributed by atoms with Crippen molar-refractivity contribution >= 4 is 12.4 Å². The molecule has 3 rings (SSSR count). The van der Waals surface area contributed by atoms with Crippen LogP contribution in [0.2, 0.25) is 0 Å². The molecule has 3 aromatic rings. The number of carbonyl (C=O) groups excluding carboxylic acids is 2. The molecule has 0 aliphatic rings. The highest BCUT2D eigenvalue weighted by Gasteiger charge is 2.08. The maximum absolute atomic E-state index is 14.6. The Morgan fingerprint density at radius 2 is 1.44 bits per heavy atom. The van der Waals surface area contributed by atoms with Crippen LogP contribution in [0.4, 0.5) is 4.39 Å². The first-order valence-electron chi connectivity index (χ1n) is 8.05. The highest BCUT2D eigenvalue weighted by atomic mass is 19.1. The zero-order valence-electron chi connectivity index (χ0n) is 14.2. The van der Waals surface area contributed by atoms with Crippen LogP contribution in [0, 0.1) is 5.82 Å². The molecular weight excluding hydrogens is 347 g/mol. The van der Waals surface area contributed by atoms with E-state index in [2.05, 4.69) is 6.58 Å². The fraction of sp³-hybridized carbons (Fsp3) is 0. The van der Waals surface area contributed by atoms with Gasteiger partial charge in [0.15, 0.2) is 0 Å². The normalized spacial score (nSPS) is 10.1. The van der Waals surface area contributed by atoms with E-state index in [0.29, 0.717) is 34.7 Å². The van der Waals surface area contributed by atoms with Crippen molar-refractivity contribution < 1.29 is 23.5 Å². The second-order valence-corrected chi connectivity index (χ2v) is 5.58. The van der Waals surface area contributed by atoms with Gasteiger partial charge in [0.05, 0.1) is 0 Å². The zero-order chi connectivity index (χ0) is 19.2. The topological polar surface area (TPSA) is 52.6 Å². The largest absolute Gasteiger partial charge is 0.429 e. The lowest BCUT2D eigenvalue weighted by molar-refractivity contribution is -0.129. The second-order valence-electron chi connectivity index (χ2n) is 5.58. The third kappa shape index (κ3) is 4.27. The van der Waals surface area contributed by atoms with E-state index < -0.39 is 5.97 Å². The van der Waals surface area contributed by atoms with Crippen molar-refractivity contribution in [1.82, 2.24) is 0 Å². The van der Waals surface area contributed by atoms with Crippen LogP contribution >= 0.6 is 0 Å². The van der Waals surface area contributed by atoms with Crippen LogP contribution in [-0.4, -0.2) is 12.4 Å². The Morgan fingerprint density at radius 3 is 2.04 bits per heavy atom. The van der Waals surface area contributed by atoms with Crippen molar-refractivity contribution in [3.8, 4) is 33.8 Å². The molecule has 0 aromatic heterocycles. The monoisotopic (exact) mass is 362 g/mol. The molecule has 0 fully saturated rings. The highest BCUT2D eigenvalue weighted by molar-refractivity contribution is 5.83. The van der Waals surface area contributed by atoms with E-state index in [4.69, 9.17) is 9.47 Å². The van der Waals surface area contributed by atoms with Gasteiger partial charge in [-0.15, -0.1) is 0 Å². The minimum atomic E-state index is -0.539. The summed E-state index contributed by atoms with van der Waals surface area (Å²) in [5.74, 6) is -0.136. The summed E-state index contributed by atoms with van der Waals surface area (Å²) in [7, 11) is 0. The Bertz CT molecular complexity index is 976. The van der Waals surface area contributed by atoms with Crippen LogP contribution in [-0.2, 0) is 9.59 Å². The van der Waals surface area contributed by atoms with Gasteiger partial charge in [-0.05, 0) is 47.0 Å². The van der Waals surface area contributed by atoms with Gasteiger partial charge < -0.3 is 9.47 Å². The summed E-state index contributed by atoms with van der Waals surface area (Å²) in [6, 6.07) is 18.2. The molecular formula is C22H15FO4. The predicted molar refractivity (Wildman–Crippen MR) is 99.8 cm³/mol. The molecule has 4 nitrogen and oxygen atoms in total. The lowest BCUT2D eigenvalue weighted by Crippen LogP contribution is -2.02. The quantitative estimate of drug-likeness (QED) is 0.274. The van der Waals surface area contributed by atoms with Gasteiger partial charge >= 0.3 is 5.97 Å². The van der Waals surface area contributed by atoms with E-state index in [9.17, 15) is 14.0 Å². The van der Waals surface area contributed by atoms with Crippen molar-refractivity contribution in [3.63, 3.8) is 0 Å². The fourth-order valence-corrected chi connectivity index (χ4v) is 2.57. The molecule has 5 heteroatoms. The van der Waals surface area contributed by atoms with Gasteiger partial charge in [-0.25, -0.2) is 9.18 Å². The average molecular weight is 362 g/mol. The van der Waals surface area contributed by atoms with E-state index in [0.717, 1.165) is 11.6 Å². The number of hydrogen-bond acceptors (Lipinski definition) is 4. The Balaban J connectivity index is 1.82. The van der Waals surface area contributed by atoms with Crippen LogP contribution in [0.3, 0.4) is 0 Å². The first-order chi connectivity index (χ1) is 13.1. The summed E-state index contributed by atoms with van der Waals surface area (Å²) < 4.78 is 24.4. The predicted octanol–water partition coefficient (Wildman–Crippen LogP) is 4.79. The van der Waals surface area contributed by atoms with E-state index in [1.54, 1.807) is 60.7 Å². The van der Waals surface area contributed by atoms with Crippen LogP contribution in [0.1, 0.15) is 0 Å². The maximum atomic E-state index is 14.6. The lowest BCUT2D eigenvalue weighted by Gasteiger charge is -2.08. The number of hydrogen-bond donors (Lipinski definition) is 0. The standard InChI is InChI=1S/C22H15FO4/c1-2-22(25)27-19-10-3-15(4-11-19)17-7-12-20(21(23)13-17)16-5-8-18(9-6-16)26-14-24/h2-14H,1H2. The zero-order valence-corrected chi connectivity index (χ0v) is 14.2. The molecule has 0 bridgehead atoms. The van der Waals surface area contributed by atoms with E-state index in [1.165, 1.54) is 6.07 Å². The molecule has 0 saturated heterocycles. The van der Waals surface area contributed by atoms with E-state index in [-0.39, 0.29) is 5.82 Å². The fourth-order valence-electron chi connectivity index (χ4n) is 2.57. The number of carbonyl (C=O) groups is 2. The third-order valence-corrected chi connectivity index (χ3v) is 3.89. The number of rotatable bonds is 6. The van der Waals surface area contributed by atoms with Crippen LogP contribution < -0.4 is 9.47 Å². The molecule has 3 aromatic carbocycles. The van der Waals surface area contributed by atoms with Crippen molar-refractivity contribution in [1.29, 1.82) is 0 Å². The van der Waals surface area contributed by atoms with Gasteiger partial charge in [-0.2, -0.15) is 0 Å². The van der Waals surface area contributed by atoms with Crippen LogP contribution in [0.15, 0.2) is 79.4 Å². The summed E-state index contributed by atoms with van der Waals surface area (Å²) in [5.41, 5.74) is 2.59. The van der Waals surface area contributed by atoms with Crippen LogP contribution in [0.25, 0.3) is 22.3 Å². The first-order valence-corrected chi connectivity index (χ1v) is 8.05. The Kier molecular flexibility index (Phi) is 5.42. The molecule has 0 radical (unpaired) electrons. The molecule has 0 unspecified atom stereocenters. The molecule has 0 atom stereocenters. The molecule has 134 valence electrons. The molecule has 0 heterocycles. The minimum absolute atomic E-state index is 0.341. The van der Waals surface area contributed by atoms with E-state index in [1.807, 2.05) is 0 Å². The van der Waals surface area contributed by atoms with Crippen molar-refractivity contribution in [3.05, 3.63) is 85.2 Å². The molecule has 0 saturated carbocycles. The number of benzene rings is 3. The van der Waals surface area contributed by atoms with Gasteiger partial charge in [0.25, 0.3) is 6.47 Å². The molecule has 27 heavy (non-hydrogen) atoms. The van der Waals surface area contributed by atoms with Crippen LogP contribution in [0.5, 0.6) is 11.5 Å². The first kappa shape index (κ1) is 18.1. The third-order valence-electron chi connectivity index (χ3n) is 3.89. The number of esters is 1. The minimum Gasteiger partial charge on any atom is -0.429 e. The molecule has 0 N–H and O–H groups in total. The molecule has 0 spiro atoms. The number of ether oxygens (including phenoxy) is 2. The van der Waals surface area contributed by atoms with Crippen molar-refractivity contribution in [2.24, 2.45) is 0 Å². The Morgan fingerprint density at radius 1 is 0.852 bits per heavy atom. The SMILES string of the molecule is C=CC(=O)Oc1ccc(-c2ccc(-c3ccc(OC=O)cc3)c(F)c2)cc1. The molecule has 0 amide bonds. The summed E-state index contributed by atoms with van der Waals surface area (Å²) in [6.45, 7) is 3.68. The molecule has 0 aliphatic heterocycles. The van der Waals surface area contributed by atoms with E-state index >= 15 is 0 Å². The maximum Gasteiger partial charge on any atom is 0.335 e. The van der Waals surface area contributed by atoms with Crippen molar-refractivity contribution in [2.45, 2.75) is 0 Å². The highest BCUT2D eigenvalue weighted by Crippen LogP contribution is 2.30. The van der Waals surface area contributed by atoms with Gasteiger partial charge in [0.1, 0.15) is 17.3 Å². The summed E-state index contributed by atoms with van der Waals surface area (Å²) in [5, 5.41) is 0. The van der Waals surface area contributed by atoms with Gasteiger partial charge in [-0.3, -0.25) is 4.79 Å².